The van der Waals surface area contributed by atoms with Crippen molar-refractivity contribution in [3.8, 4) is 5.75 Å². The van der Waals surface area contributed by atoms with Gasteiger partial charge in [0.25, 0.3) is 0 Å². The van der Waals surface area contributed by atoms with Crippen molar-refractivity contribution in [3.63, 3.8) is 0 Å². The third kappa shape index (κ3) is 5.23. The summed E-state index contributed by atoms with van der Waals surface area (Å²) in [5, 5.41) is 9.99. The molecule has 0 spiro atoms. The Morgan fingerprint density at radius 3 is 2.47 bits per heavy atom. The lowest BCUT2D eigenvalue weighted by atomic mass is 10.0. The van der Waals surface area contributed by atoms with E-state index in [0.717, 1.165) is 24.3 Å². The molecule has 19 heavy (non-hydrogen) atoms. The molecule has 0 aliphatic rings. The van der Waals surface area contributed by atoms with Crippen molar-refractivity contribution < 1.29 is 9.84 Å². The second kappa shape index (κ2) is 8.98. The van der Waals surface area contributed by atoms with Crippen LogP contribution in [0.3, 0.4) is 0 Å². The fourth-order valence-electron chi connectivity index (χ4n) is 2.21. The second-order valence-electron chi connectivity index (χ2n) is 5.19. The number of para-hydroxylation sites is 1. The molecule has 0 aliphatic heterocycles. The predicted octanol–water partition coefficient (Wildman–Crippen LogP) is 4.73. The average molecular weight is 264 g/mol. The maximum Gasteiger partial charge on any atom is 0.125 e. The van der Waals surface area contributed by atoms with Crippen LogP contribution >= 0.6 is 0 Å². The molecule has 1 N–H and O–H groups in total. The molecular weight excluding hydrogens is 236 g/mol. The Morgan fingerprint density at radius 1 is 1.11 bits per heavy atom. The molecule has 1 aromatic rings. The lowest BCUT2D eigenvalue weighted by molar-refractivity contribution is 0.162. The van der Waals surface area contributed by atoms with E-state index >= 15 is 0 Å². The SMILES string of the molecule is CCCCC(CC)COc1ccccc1[C@@H](O)CC. The van der Waals surface area contributed by atoms with E-state index in [9.17, 15) is 5.11 Å². The van der Waals surface area contributed by atoms with Crippen LogP contribution < -0.4 is 4.74 Å². The van der Waals surface area contributed by atoms with E-state index in [1.807, 2.05) is 31.2 Å². The molecule has 0 radical (unpaired) electrons. The average Bonchev–Trinajstić information content (AvgIpc) is 2.47. The van der Waals surface area contributed by atoms with Crippen molar-refractivity contribution in [1.82, 2.24) is 0 Å². The van der Waals surface area contributed by atoms with Gasteiger partial charge in [-0.15, -0.1) is 0 Å². The van der Waals surface area contributed by atoms with Crippen LogP contribution in [0.2, 0.25) is 0 Å². The van der Waals surface area contributed by atoms with Gasteiger partial charge < -0.3 is 9.84 Å². The minimum atomic E-state index is -0.424. The molecule has 0 saturated heterocycles. The van der Waals surface area contributed by atoms with Gasteiger partial charge in [0.05, 0.1) is 12.7 Å². The van der Waals surface area contributed by atoms with Crippen LogP contribution in [0.4, 0.5) is 0 Å². The summed E-state index contributed by atoms with van der Waals surface area (Å²) in [4.78, 5) is 0. The Labute approximate surface area is 117 Å². The van der Waals surface area contributed by atoms with Crippen molar-refractivity contribution in [1.29, 1.82) is 0 Å². The Hall–Kier alpha value is -1.02. The van der Waals surface area contributed by atoms with Crippen molar-refractivity contribution in [2.75, 3.05) is 6.61 Å². The number of unbranched alkanes of at least 4 members (excludes halogenated alkanes) is 1. The molecule has 0 aromatic heterocycles. The summed E-state index contributed by atoms with van der Waals surface area (Å²) in [7, 11) is 0. The summed E-state index contributed by atoms with van der Waals surface area (Å²) in [5.74, 6) is 1.46. The molecule has 108 valence electrons. The van der Waals surface area contributed by atoms with Crippen LogP contribution in [-0.4, -0.2) is 11.7 Å². The first-order valence-electron chi connectivity index (χ1n) is 7.62. The predicted molar refractivity (Wildman–Crippen MR) is 80.5 cm³/mol. The van der Waals surface area contributed by atoms with Crippen LogP contribution in [0, 0.1) is 5.92 Å². The molecule has 2 nitrogen and oxygen atoms in total. The van der Waals surface area contributed by atoms with Crippen molar-refractivity contribution in [2.24, 2.45) is 5.92 Å². The fourth-order valence-corrected chi connectivity index (χ4v) is 2.21. The normalized spacial score (nSPS) is 14.1. The summed E-state index contributed by atoms with van der Waals surface area (Å²) in [5.41, 5.74) is 0.912. The lowest BCUT2D eigenvalue weighted by Gasteiger charge is -2.19. The highest BCUT2D eigenvalue weighted by atomic mass is 16.5. The number of ether oxygens (including phenoxy) is 1. The summed E-state index contributed by atoms with van der Waals surface area (Å²) in [6, 6.07) is 7.83. The molecule has 0 saturated carbocycles. The smallest absolute Gasteiger partial charge is 0.125 e. The van der Waals surface area contributed by atoms with Crippen molar-refractivity contribution in [2.45, 2.75) is 59.0 Å². The monoisotopic (exact) mass is 264 g/mol. The number of aliphatic hydroxyl groups is 1. The fraction of sp³-hybridized carbons (Fsp3) is 0.647. The second-order valence-corrected chi connectivity index (χ2v) is 5.19. The highest BCUT2D eigenvalue weighted by Gasteiger charge is 2.13. The number of benzene rings is 1. The molecule has 0 amide bonds. The van der Waals surface area contributed by atoms with Gasteiger partial charge in [0, 0.05) is 5.56 Å². The highest BCUT2D eigenvalue weighted by molar-refractivity contribution is 5.34. The maximum atomic E-state index is 9.99. The minimum Gasteiger partial charge on any atom is -0.493 e. The van der Waals surface area contributed by atoms with Crippen LogP contribution in [0.15, 0.2) is 24.3 Å². The van der Waals surface area contributed by atoms with E-state index in [1.165, 1.54) is 19.3 Å². The first-order chi connectivity index (χ1) is 9.22. The van der Waals surface area contributed by atoms with Crippen LogP contribution in [0.25, 0.3) is 0 Å². The minimum absolute atomic E-state index is 0.424. The maximum absolute atomic E-state index is 9.99. The van der Waals surface area contributed by atoms with Gasteiger partial charge in [-0.3, -0.25) is 0 Å². The zero-order valence-corrected chi connectivity index (χ0v) is 12.6. The molecule has 0 aliphatic carbocycles. The van der Waals surface area contributed by atoms with E-state index in [-0.39, 0.29) is 0 Å². The van der Waals surface area contributed by atoms with E-state index in [2.05, 4.69) is 13.8 Å². The third-order valence-electron chi connectivity index (χ3n) is 3.68. The quantitative estimate of drug-likeness (QED) is 0.699. The van der Waals surface area contributed by atoms with Crippen LogP contribution in [0.5, 0.6) is 5.75 Å². The first kappa shape index (κ1) is 16.0. The van der Waals surface area contributed by atoms with Gasteiger partial charge in [0.2, 0.25) is 0 Å². The molecule has 0 fully saturated rings. The number of aliphatic hydroxyl groups excluding tert-OH is 1. The van der Waals surface area contributed by atoms with E-state index in [4.69, 9.17) is 4.74 Å². The van der Waals surface area contributed by atoms with E-state index in [1.54, 1.807) is 0 Å². The number of hydrogen-bond acceptors (Lipinski definition) is 2. The van der Waals surface area contributed by atoms with Gasteiger partial charge in [0.15, 0.2) is 0 Å². The zero-order valence-electron chi connectivity index (χ0n) is 12.6. The largest absolute Gasteiger partial charge is 0.493 e. The summed E-state index contributed by atoms with van der Waals surface area (Å²) >= 11 is 0. The van der Waals surface area contributed by atoms with Gasteiger partial charge in [-0.05, 0) is 24.8 Å². The lowest BCUT2D eigenvalue weighted by Crippen LogP contribution is -2.12. The molecular formula is C17H28O2. The zero-order chi connectivity index (χ0) is 14.1. The Balaban J connectivity index is 2.61. The Morgan fingerprint density at radius 2 is 1.84 bits per heavy atom. The van der Waals surface area contributed by atoms with Gasteiger partial charge >= 0.3 is 0 Å². The van der Waals surface area contributed by atoms with Crippen LogP contribution in [-0.2, 0) is 0 Å². The molecule has 2 atom stereocenters. The molecule has 2 heteroatoms. The van der Waals surface area contributed by atoms with Gasteiger partial charge in [0.1, 0.15) is 5.75 Å². The molecule has 1 rings (SSSR count). The highest BCUT2D eigenvalue weighted by Crippen LogP contribution is 2.27. The summed E-state index contributed by atoms with van der Waals surface area (Å²) in [6.45, 7) is 7.18. The summed E-state index contributed by atoms with van der Waals surface area (Å²) < 4.78 is 5.95. The number of rotatable bonds is 9. The van der Waals surface area contributed by atoms with Gasteiger partial charge in [-0.1, -0.05) is 58.2 Å². The third-order valence-corrected chi connectivity index (χ3v) is 3.68. The van der Waals surface area contributed by atoms with Gasteiger partial charge in [-0.25, -0.2) is 0 Å². The molecule has 1 aromatic carbocycles. The standard InChI is InChI=1S/C17H28O2/c1-4-7-10-14(5-2)13-19-17-12-9-8-11-15(17)16(18)6-3/h8-9,11-12,14,16,18H,4-7,10,13H2,1-3H3/t14?,16-/m0/s1. The molecule has 0 bridgehead atoms. The Kier molecular flexibility index (Phi) is 7.57. The Bertz CT molecular complexity index is 349. The van der Waals surface area contributed by atoms with E-state index in [0.29, 0.717) is 12.3 Å². The van der Waals surface area contributed by atoms with Gasteiger partial charge in [-0.2, -0.15) is 0 Å². The van der Waals surface area contributed by atoms with E-state index < -0.39 is 6.10 Å². The number of hydrogen-bond donors (Lipinski definition) is 1. The topological polar surface area (TPSA) is 29.5 Å². The molecule has 1 unspecified atom stereocenters. The summed E-state index contributed by atoms with van der Waals surface area (Å²) in [6.07, 6.45) is 5.17. The van der Waals surface area contributed by atoms with Crippen molar-refractivity contribution in [3.05, 3.63) is 29.8 Å². The van der Waals surface area contributed by atoms with Crippen molar-refractivity contribution >= 4 is 0 Å². The first-order valence-corrected chi connectivity index (χ1v) is 7.62. The van der Waals surface area contributed by atoms with Crippen LogP contribution in [0.1, 0.15) is 64.5 Å². The molecule has 0 heterocycles.